The Morgan fingerprint density at radius 1 is 1.18 bits per heavy atom. The highest BCUT2D eigenvalue weighted by Crippen LogP contribution is 2.58. The van der Waals surface area contributed by atoms with Gasteiger partial charge in [-0.05, 0) is 55.2 Å². The SMILES string of the molecule is Cc1cc(C2CC3(CC(=O)CC(O)C3)C2)cc(C(F)(F)F)c1. The van der Waals surface area contributed by atoms with E-state index >= 15 is 0 Å². The molecular formula is C17H19F3O2. The van der Waals surface area contributed by atoms with E-state index in [1.807, 2.05) is 0 Å². The maximum absolute atomic E-state index is 12.9. The Balaban J connectivity index is 1.78. The Hall–Kier alpha value is -1.36. The minimum absolute atomic E-state index is 0.0547. The molecule has 0 saturated heterocycles. The second kappa shape index (κ2) is 5.08. The molecule has 0 radical (unpaired) electrons. The number of ketones is 1. The zero-order chi connectivity index (χ0) is 16.1. The lowest BCUT2D eigenvalue weighted by Gasteiger charge is -2.51. The summed E-state index contributed by atoms with van der Waals surface area (Å²) in [5.74, 6) is 0.122. The number of aryl methyl sites for hydroxylation is 1. The third-order valence-electron chi connectivity index (χ3n) is 4.96. The summed E-state index contributed by atoms with van der Waals surface area (Å²) in [4.78, 5) is 11.7. The molecule has 0 bridgehead atoms. The van der Waals surface area contributed by atoms with Crippen LogP contribution in [0.1, 0.15) is 54.7 Å². The lowest BCUT2D eigenvalue weighted by molar-refractivity contribution is -0.137. The van der Waals surface area contributed by atoms with Gasteiger partial charge >= 0.3 is 6.18 Å². The van der Waals surface area contributed by atoms with E-state index in [9.17, 15) is 23.1 Å². The van der Waals surface area contributed by atoms with Crippen LogP contribution in [0.2, 0.25) is 0 Å². The van der Waals surface area contributed by atoms with Gasteiger partial charge in [-0.1, -0.05) is 11.6 Å². The van der Waals surface area contributed by atoms with Gasteiger partial charge in [-0.3, -0.25) is 4.79 Å². The van der Waals surface area contributed by atoms with E-state index in [-0.39, 0.29) is 23.5 Å². The fraction of sp³-hybridized carbons (Fsp3) is 0.588. The monoisotopic (exact) mass is 312 g/mol. The van der Waals surface area contributed by atoms with Crippen molar-refractivity contribution < 1.29 is 23.1 Å². The van der Waals surface area contributed by atoms with Crippen molar-refractivity contribution >= 4 is 5.78 Å². The van der Waals surface area contributed by atoms with Crippen LogP contribution in [-0.2, 0) is 11.0 Å². The number of Topliss-reactive ketones (excluding diaryl/α,β-unsaturated/α-hetero) is 1. The van der Waals surface area contributed by atoms with Crippen LogP contribution in [0.15, 0.2) is 18.2 Å². The van der Waals surface area contributed by atoms with Crippen molar-refractivity contribution in [3.05, 3.63) is 34.9 Å². The first-order valence-corrected chi connectivity index (χ1v) is 7.55. The topological polar surface area (TPSA) is 37.3 Å². The molecule has 0 aromatic heterocycles. The molecule has 2 nitrogen and oxygen atoms in total. The number of alkyl halides is 3. The van der Waals surface area contributed by atoms with Crippen LogP contribution in [0.3, 0.4) is 0 Å². The Morgan fingerprint density at radius 2 is 1.86 bits per heavy atom. The van der Waals surface area contributed by atoms with E-state index in [0.29, 0.717) is 36.8 Å². The standard InChI is InChI=1S/C17H19F3O2/c1-10-2-11(4-13(3-10)17(18,19)20)12-6-16(7-12)8-14(21)5-15(22)9-16/h2-4,12,14,21H,5-9H2,1H3. The normalized spacial score (nSPS) is 32.1. The smallest absolute Gasteiger partial charge is 0.393 e. The molecule has 1 N–H and O–H groups in total. The maximum Gasteiger partial charge on any atom is 0.416 e. The summed E-state index contributed by atoms with van der Waals surface area (Å²) < 4.78 is 38.7. The van der Waals surface area contributed by atoms with Crippen LogP contribution in [0.25, 0.3) is 0 Å². The zero-order valence-electron chi connectivity index (χ0n) is 12.4. The molecule has 0 heterocycles. The maximum atomic E-state index is 12.9. The number of hydrogen-bond acceptors (Lipinski definition) is 2. The molecule has 1 aromatic rings. The number of carbonyl (C=O) groups excluding carboxylic acids is 1. The summed E-state index contributed by atoms with van der Waals surface area (Å²) in [5.41, 5.74) is 0.501. The van der Waals surface area contributed by atoms with Crippen LogP contribution in [0.5, 0.6) is 0 Å². The fourth-order valence-corrected chi connectivity index (χ4v) is 4.14. The molecule has 1 spiro atoms. The minimum atomic E-state index is -4.33. The van der Waals surface area contributed by atoms with Gasteiger partial charge in [0.15, 0.2) is 0 Å². The molecule has 1 atom stereocenters. The van der Waals surface area contributed by atoms with Crippen molar-refractivity contribution in [2.45, 2.75) is 57.2 Å². The molecule has 5 heteroatoms. The van der Waals surface area contributed by atoms with Gasteiger partial charge in [0.2, 0.25) is 0 Å². The lowest BCUT2D eigenvalue weighted by Crippen LogP contribution is -2.44. The first kappa shape index (κ1) is 15.5. The second-order valence-corrected chi connectivity index (χ2v) is 7.01. The fourth-order valence-electron chi connectivity index (χ4n) is 4.14. The third-order valence-corrected chi connectivity index (χ3v) is 4.96. The predicted molar refractivity (Wildman–Crippen MR) is 75.5 cm³/mol. The highest BCUT2D eigenvalue weighted by Gasteiger charge is 2.49. The average molecular weight is 312 g/mol. The lowest BCUT2D eigenvalue weighted by atomic mass is 9.53. The molecular weight excluding hydrogens is 293 g/mol. The molecule has 2 fully saturated rings. The molecule has 2 aliphatic carbocycles. The summed E-state index contributed by atoms with van der Waals surface area (Å²) in [5, 5.41) is 9.76. The highest BCUT2D eigenvalue weighted by atomic mass is 19.4. The molecule has 2 aliphatic rings. The zero-order valence-corrected chi connectivity index (χ0v) is 12.4. The highest BCUT2D eigenvalue weighted by molar-refractivity contribution is 5.80. The van der Waals surface area contributed by atoms with Crippen molar-refractivity contribution in [2.24, 2.45) is 5.41 Å². The number of aliphatic hydroxyl groups is 1. The van der Waals surface area contributed by atoms with Gasteiger partial charge in [0.1, 0.15) is 5.78 Å². The largest absolute Gasteiger partial charge is 0.416 e. The summed E-state index contributed by atoms with van der Waals surface area (Å²) in [6.07, 6.45) is -2.28. The first-order chi connectivity index (χ1) is 10.2. The number of carbonyl (C=O) groups is 1. The Labute approximate surface area is 127 Å². The quantitative estimate of drug-likeness (QED) is 0.851. The minimum Gasteiger partial charge on any atom is -0.393 e. The van der Waals surface area contributed by atoms with E-state index in [1.165, 1.54) is 6.07 Å². The van der Waals surface area contributed by atoms with Gasteiger partial charge in [-0.15, -0.1) is 0 Å². The molecule has 0 aliphatic heterocycles. The summed E-state index contributed by atoms with van der Waals surface area (Å²) >= 11 is 0. The predicted octanol–water partition coefficient (Wildman–Crippen LogP) is 3.99. The van der Waals surface area contributed by atoms with E-state index in [0.717, 1.165) is 6.07 Å². The number of benzene rings is 1. The van der Waals surface area contributed by atoms with Crippen molar-refractivity contribution in [1.29, 1.82) is 0 Å². The van der Waals surface area contributed by atoms with Gasteiger partial charge in [-0.25, -0.2) is 0 Å². The summed E-state index contributed by atoms with van der Waals surface area (Å²) in [7, 11) is 0. The van der Waals surface area contributed by atoms with Gasteiger partial charge < -0.3 is 5.11 Å². The second-order valence-electron chi connectivity index (χ2n) is 7.01. The van der Waals surface area contributed by atoms with Crippen molar-refractivity contribution in [1.82, 2.24) is 0 Å². The Morgan fingerprint density at radius 3 is 2.45 bits per heavy atom. The molecule has 1 unspecified atom stereocenters. The van der Waals surface area contributed by atoms with E-state index < -0.39 is 17.8 Å². The van der Waals surface area contributed by atoms with E-state index in [4.69, 9.17) is 0 Å². The molecule has 3 rings (SSSR count). The van der Waals surface area contributed by atoms with Crippen LogP contribution in [0, 0.1) is 12.3 Å². The average Bonchev–Trinajstić information content (AvgIpc) is 2.32. The van der Waals surface area contributed by atoms with Crippen LogP contribution in [0.4, 0.5) is 13.2 Å². The van der Waals surface area contributed by atoms with Crippen LogP contribution in [-0.4, -0.2) is 17.0 Å². The molecule has 0 amide bonds. The Bertz CT molecular complexity index is 600. The van der Waals surface area contributed by atoms with Gasteiger partial charge in [0.05, 0.1) is 11.7 Å². The van der Waals surface area contributed by atoms with Gasteiger partial charge in [0.25, 0.3) is 0 Å². The van der Waals surface area contributed by atoms with E-state index in [2.05, 4.69) is 0 Å². The first-order valence-electron chi connectivity index (χ1n) is 7.55. The van der Waals surface area contributed by atoms with Crippen molar-refractivity contribution in [2.75, 3.05) is 0 Å². The van der Waals surface area contributed by atoms with Gasteiger partial charge in [0, 0.05) is 12.8 Å². The number of aliphatic hydroxyl groups excluding tert-OH is 1. The third kappa shape index (κ3) is 2.91. The van der Waals surface area contributed by atoms with Crippen molar-refractivity contribution in [3.63, 3.8) is 0 Å². The van der Waals surface area contributed by atoms with Crippen LogP contribution < -0.4 is 0 Å². The molecule has 22 heavy (non-hydrogen) atoms. The Kier molecular flexibility index (Phi) is 3.59. The van der Waals surface area contributed by atoms with Crippen molar-refractivity contribution in [3.8, 4) is 0 Å². The van der Waals surface area contributed by atoms with E-state index in [1.54, 1.807) is 13.0 Å². The van der Waals surface area contributed by atoms with Crippen LogP contribution >= 0.6 is 0 Å². The summed E-state index contributed by atoms with van der Waals surface area (Å²) in [6.45, 7) is 1.67. The number of rotatable bonds is 1. The molecule has 120 valence electrons. The summed E-state index contributed by atoms with van der Waals surface area (Å²) in [6, 6.07) is 4.19. The molecule has 2 saturated carbocycles. The van der Waals surface area contributed by atoms with Gasteiger partial charge in [-0.2, -0.15) is 13.2 Å². The number of halogens is 3. The molecule has 1 aromatic carbocycles. The number of hydrogen-bond donors (Lipinski definition) is 1.